The van der Waals surface area contributed by atoms with E-state index in [9.17, 15) is 14.4 Å². The smallest absolute Gasteiger partial charge is 0.325 e. The van der Waals surface area contributed by atoms with Crippen molar-refractivity contribution >= 4 is 29.4 Å². The Balaban J connectivity index is 1.55. The van der Waals surface area contributed by atoms with Crippen LogP contribution in [-0.4, -0.2) is 42.4 Å². The molecule has 0 radical (unpaired) electrons. The second kappa shape index (κ2) is 8.84. The number of halogens is 1. The Morgan fingerprint density at radius 3 is 2.70 bits per heavy atom. The zero-order chi connectivity index (χ0) is 21.7. The van der Waals surface area contributed by atoms with E-state index in [4.69, 9.17) is 21.6 Å². The quantitative estimate of drug-likeness (QED) is 0.520. The van der Waals surface area contributed by atoms with Crippen molar-refractivity contribution in [2.75, 3.05) is 19.7 Å². The SMILES string of the molecule is CC1(c2cccc(C#N)c2)NC(=O)N(CC(=O)NCCOc2ccc(Cl)cc2)C1=O. The highest BCUT2D eigenvalue weighted by molar-refractivity contribution is 6.30. The Morgan fingerprint density at radius 2 is 2.00 bits per heavy atom. The van der Waals surface area contributed by atoms with E-state index >= 15 is 0 Å². The molecule has 154 valence electrons. The molecular weight excluding hydrogens is 408 g/mol. The number of hydrogen-bond acceptors (Lipinski definition) is 5. The minimum Gasteiger partial charge on any atom is -0.492 e. The van der Waals surface area contributed by atoms with Gasteiger partial charge in [-0.25, -0.2) is 4.79 Å². The predicted molar refractivity (Wildman–Crippen MR) is 109 cm³/mol. The van der Waals surface area contributed by atoms with E-state index in [0.29, 0.717) is 21.9 Å². The lowest BCUT2D eigenvalue weighted by atomic mass is 9.91. The Bertz CT molecular complexity index is 1020. The number of hydrogen-bond donors (Lipinski definition) is 2. The normalized spacial score (nSPS) is 18.0. The number of nitrogens with zero attached hydrogens (tertiary/aromatic N) is 2. The van der Waals surface area contributed by atoms with E-state index in [1.165, 1.54) is 6.07 Å². The van der Waals surface area contributed by atoms with Gasteiger partial charge >= 0.3 is 6.03 Å². The molecule has 1 aliphatic rings. The van der Waals surface area contributed by atoms with Crippen LogP contribution in [0.1, 0.15) is 18.1 Å². The molecule has 4 amide bonds. The summed E-state index contributed by atoms with van der Waals surface area (Å²) in [5, 5.41) is 14.9. The van der Waals surface area contributed by atoms with E-state index in [1.807, 2.05) is 6.07 Å². The van der Waals surface area contributed by atoms with Gasteiger partial charge in [0.15, 0.2) is 0 Å². The molecule has 0 aromatic heterocycles. The molecule has 2 aromatic rings. The van der Waals surface area contributed by atoms with Crippen molar-refractivity contribution in [1.82, 2.24) is 15.5 Å². The second-order valence-corrected chi connectivity index (χ2v) is 7.23. The number of imide groups is 1. The number of nitriles is 1. The van der Waals surface area contributed by atoms with E-state index in [0.717, 1.165) is 4.90 Å². The van der Waals surface area contributed by atoms with Crippen LogP contribution in [0.15, 0.2) is 48.5 Å². The zero-order valence-electron chi connectivity index (χ0n) is 16.1. The summed E-state index contributed by atoms with van der Waals surface area (Å²) < 4.78 is 5.48. The molecule has 0 saturated carbocycles. The first-order valence-corrected chi connectivity index (χ1v) is 9.51. The number of rotatable bonds is 7. The van der Waals surface area contributed by atoms with Gasteiger partial charge in [-0.1, -0.05) is 23.7 Å². The molecule has 3 rings (SSSR count). The fourth-order valence-corrected chi connectivity index (χ4v) is 3.15. The van der Waals surface area contributed by atoms with E-state index in [1.54, 1.807) is 49.4 Å². The van der Waals surface area contributed by atoms with Crippen molar-refractivity contribution in [3.05, 3.63) is 64.7 Å². The summed E-state index contributed by atoms with van der Waals surface area (Å²) in [6.07, 6.45) is 0. The number of amides is 4. The largest absolute Gasteiger partial charge is 0.492 e. The average molecular weight is 427 g/mol. The number of ether oxygens (including phenoxy) is 1. The van der Waals surface area contributed by atoms with E-state index < -0.39 is 29.9 Å². The Labute approximate surface area is 178 Å². The maximum atomic E-state index is 12.9. The highest BCUT2D eigenvalue weighted by Crippen LogP contribution is 2.29. The lowest BCUT2D eigenvalue weighted by molar-refractivity contribution is -0.134. The lowest BCUT2D eigenvalue weighted by Gasteiger charge is -2.22. The number of urea groups is 1. The second-order valence-electron chi connectivity index (χ2n) is 6.79. The molecule has 0 aliphatic carbocycles. The summed E-state index contributed by atoms with van der Waals surface area (Å²) in [5.74, 6) is -0.443. The van der Waals surface area contributed by atoms with Gasteiger partial charge < -0.3 is 15.4 Å². The third-order valence-electron chi connectivity index (χ3n) is 4.65. The molecule has 8 nitrogen and oxygen atoms in total. The van der Waals surface area contributed by atoms with E-state index in [-0.39, 0.29) is 13.2 Å². The van der Waals surface area contributed by atoms with Crippen LogP contribution < -0.4 is 15.4 Å². The minimum atomic E-state index is -1.35. The standard InChI is InChI=1S/C21H19ClN4O4/c1-21(15-4-2-3-14(11-15)12-23)19(28)26(20(29)25-21)13-18(27)24-9-10-30-17-7-5-16(22)6-8-17/h2-8,11H,9-10,13H2,1H3,(H,24,27)(H,25,29). The molecule has 1 aliphatic heterocycles. The van der Waals surface area contributed by atoms with Crippen molar-refractivity contribution in [3.8, 4) is 11.8 Å². The number of carbonyl (C=O) groups excluding carboxylic acids is 3. The molecule has 9 heteroatoms. The summed E-state index contributed by atoms with van der Waals surface area (Å²) in [4.78, 5) is 38.2. The first-order chi connectivity index (χ1) is 14.3. The molecule has 2 aromatic carbocycles. The maximum absolute atomic E-state index is 12.9. The monoisotopic (exact) mass is 426 g/mol. The highest BCUT2D eigenvalue weighted by atomic mass is 35.5. The Morgan fingerprint density at radius 1 is 1.27 bits per heavy atom. The molecular formula is C21H19ClN4O4. The van der Waals surface area contributed by atoms with Gasteiger partial charge in [-0.3, -0.25) is 14.5 Å². The molecule has 1 atom stereocenters. The van der Waals surface area contributed by atoms with Crippen LogP contribution in [0.4, 0.5) is 4.79 Å². The Hall–Kier alpha value is -3.57. The predicted octanol–water partition coefficient (Wildman–Crippen LogP) is 2.17. The molecule has 1 fully saturated rings. The lowest BCUT2D eigenvalue weighted by Crippen LogP contribution is -2.43. The van der Waals surface area contributed by atoms with E-state index in [2.05, 4.69) is 10.6 Å². The molecule has 1 saturated heterocycles. The van der Waals surface area contributed by atoms with Crippen LogP contribution in [-0.2, 0) is 15.1 Å². The maximum Gasteiger partial charge on any atom is 0.325 e. The van der Waals surface area contributed by atoms with Crippen molar-refractivity contribution in [3.63, 3.8) is 0 Å². The minimum absolute atomic E-state index is 0.201. The van der Waals surface area contributed by atoms with Crippen molar-refractivity contribution in [1.29, 1.82) is 5.26 Å². The summed E-state index contributed by atoms with van der Waals surface area (Å²) in [6.45, 7) is 1.54. The number of nitrogens with one attached hydrogen (secondary N) is 2. The summed E-state index contributed by atoms with van der Waals surface area (Å²) >= 11 is 5.80. The highest BCUT2D eigenvalue weighted by Gasteiger charge is 2.49. The van der Waals surface area contributed by atoms with Crippen molar-refractivity contribution in [2.24, 2.45) is 0 Å². The van der Waals surface area contributed by atoms with Gasteiger partial charge in [0.25, 0.3) is 5.91 Å². The number of carbonyl (C=O) groups is 3. The van der Waals surface area contributed by atoms with Gasteiger partial charge in [0.1, 0.15) is 24.4 Å². The van der Waals surface area contributed by atoms with Crippen LogP contribution in [0, 0.1) is 11.3 Å². The number of benzene rings is 2. The van der Waals surface area contributed by atoms with Gasteiger partial charge in [0.05, 0.1) is 18.2 Å². The Kier molecular flexibility index (Phi) is 6.23. The molecule has 0 bridgehead atoms. The zero-order valence-corrected chi connectivity index (χ0v) is 16.9. The third kappa shape index (κ3) is 4.53. The van der Waals surface area contributed by atoms with Gasteiger partial charge in [0, 0.05) is 5.02 Å². The summed E-state index contributed by atoms with van der Waals surface area (Å²) in [7, 11) is 0. The van der Waals surface area contributed by atoms with Crippen LogP contribution >= 0.6 is 11.6 Å². The first-order valence-electron chi connectivity index (χ1n) is 9.13. The van der Waals surface area contributed by atoms with Crippen LogP contribution in [0.5, 0.6) is 5.75 Å². The third-order valence-corrected chi connectivity index (χ3v) is 4.90. The van der Waals surface area contributed by atoms with Crippen LogP contribution in [0.25, 0.3) is 0 Å². The van der Waals surface area contributed by atoms with Gasteiger partial charge in [-0.2, -0.15) is 5.26 Å². The van der Waals surface area contributed by atoms with Crippen molar-refractivity contribution in [2.45, 2.75) is 12.5 Å². The molecule has 0 spiro atoms. The molecule has 1 unspecified atom stereocenters. The van der Waals surface area contributed by atoms with Crippen molar-refractivity contribution < 1.29 is 19.1 Å². The fourth-order valence-electron chi connectivity index (χ4n) is 3.03. The van der Waals surface area contributed by atoms with Gasteiger partial charge in [0.2, 0.25) is 5.91 Å². The topological polar surface area (TPSA) is 112 Å². The average Bonchev–Trinajstić information content (AvgIpc) is 2.96. The molecule has 1 heterocycles. The fraction of sp³-hybridized carbons (Fsp3) is 0.238. The van der Waals surface area contributed by atoms with Crippen LogP contribution in [0.3, 0.4) is 0 Å². The first kappa shape index (κ1) is 21.1. The van der Waals surface area contributed by atoms with Crippen LogP contribution in [0.2, 0.25) is 5.02 Å². The van der Waals surface area contributed by atoms with Gasteiger partial charge in [-0.05, 0) is 48.9 Å². The molecule has 30 heavy (non-hydrogen) atoms. The summed E-state index contributed by atoms with van der Waals surface area (Å²) in [5.41, 5.74) is -0.506. The summed E-state index contributed by atoms with van der Waals surface area (Å²) in [6, 6.07) is 14.6. The van der Waals surface area contributed by atoms with Gasteiger partial charge in [-0.15, -0.1) is 0 Å². The molecule has 2 N–H and O–H groups in total.